The Labute approximate surface area is 134 Å². The van der Waals surface area contributed by atoms with Crippen molar-refractivity contribution in [1.29, 1.82) is 0 Å². The van der Waals surface area contributed by atoms with E-state index in [9.17, 15) is 5.11 Å². The highest BCUT2D eigenvalue weighted by molar-refractivity contribution is 5.38. The van der Waals surface area contributed by atoms with Crippen LogP contribution in [-0.4, -0.2) is 30.4 Å². The number of benzene rings is 1. The molecule has 122 valence electrons. The molecule has 4 atom stereocenters. The van der Waals surface area contributed by atoms with Gasteiger partial charge < -0.3 is 15.2 Å². The molecular formula is C19H29NO2. The van der Waals surface area contributed by atoms with E-state index in [0.29, 0.717) is 25.1 Å². The van der Waals surface area contributed by atoms with Crippen LogP contribution in [-0.2, 0) is 0 Å². The molecule has 0 aliphatic heterocycles. The fourth-order valence-corrected chi connectivity index (χ4v) is 4.16. The van der Waals surface area contributed by atoms with Crippen molar-refractivity contribution in [3.8, 4) is 5.75 Å². The van der Waals surface area contributed by atoms with Crippen LogP contribution in [0.25, 0.3) is 0 Å². The second-order valence-corrected chi connectivity index (χ2v) is 7.35. The second kappa shape index (κ2) is 7.01. The smallest absolute Gasteiger partial charge is 0.122 e. The molecule has 2 saturated carbocycles. The lowest BCUT2D eigenvalue weighted by molar-refractivity contribution is 0.103. The summed E-state index contributed by atoms with van der Waals surface area (Å²) in [4.78, 5) is 0. The Kier molecular flexibility index (Phi) is 5.04. The zero-order chi connectivity index (χ0) is 15.5. The molecule has 22 heavy (non-hydrogen) atoms. The van der Waals surface area contributed by atoms with Crippen LogP contribution in [0.1, 0.15) is 51.0 Å². The van der Waals surface area contributed by atoms with E-state index in [2.05, 4.69) is 37.4 Å². The van der Waals surface area contributed by atoms with Crippen molar-refractivity contribution in [3.05, 3.63) is 29.8 Å². The molecule has 3 nitrogen and oxygen atoms in total. The summed E-state index contributed by atoms with van der Waals surface area (Å²) in [6.07, 6.45) is 5.06. The Morgan fingerprint density at radius 3 is 2.73 bits per heavy atom. The first-order valence-corrected chi connectivity index (χ1v) is 8.76. The second-order valence-electron chi connectivity index (χ2n) is 7.35. The maximum atomic E-state index is 10.0. The number of rotatable bonds is 7. The fraction of sp³-hybridized carbons (Fsp3) is 0.684. The first-order chi connectivity index (χ1) is 10.6. The van der Waals surface area contributed by atoms with E-state index in [-0.39, 0.29) is 0 Å². The van der Waals surface area contributed by atoms with Gasteiger partial charge in [0.05, 0.1) is 0 Å². The summed E-state index contributed by atoms with van der Waals surface area (Å²) in [5.74, 6) is 3.43. The minimum Gasteiger partial charge on any atom is -0.491 e. The Bertz CT molecular complexity index is 488. The van der Waals surface area contributed by atoms with E-state index in [1.54, 1.807) is 0 Å². The van der Waals surface area contributed by atoms with Crippen LogP contribution < -0.4 is 10.1 Å². The zero-order valence-corrected chi connectivity index (χ0v) is 13.8. The van der Waals surface area contributed by atoms with Crippen LogP contribution in [0.15, 0.2) is 24.3 Å². The number of aliphatic hydroxyl groups is 1. The van der Waals surface area contributed by atoms with Crippen LogP contribution in [0.4, 0.5) is 0 Å². The molecule has 0 aromatic heterocycles. The zero-order valence-electron chi connectivity index (χ0n) is 13.8. The van der Waals surface area contributed by atoms with Gasteiger partial charge in [0.1, 0.15) is 18.5 Å². The number of aliphatic hydroxyl groups excluding tert-OH is 1. The minimum absolute atomic E-state index is 0.359. The summed E-state index contributed by atoms with van der Waals surface area (Å²) in [5, 5.41) is 13.3. The van der Waals surface area contributed by atoms with Gasteiger partial charge in [0.2, 0.25) is 0 Å². The maximum absolute atomic E-state index is 10.0. The molecule has 3 heteroatoms. The van der Waals surface area contributed by atoms with Gasteiger partial charge in [-0.05, 0) is 48.6 Å². The highest BCUT2D eigenvalue weighted by Crippen LogP contribution is 2.54. The number of nitrogens with one attached hydrogen (secondary N) is 1. The largest absolute Gasteiger partial charge is 0.491 e. The Morgan fingerprint density at radius 1 is 1.23 bits per heavy atom. The maximum Gasteiger partial charge on any atom is 0.122 e. The topological polar surface area (TPSA) is 41.5 Å². The number of hydrogen-bond donors (Lipinski definition) is 2. The summed E-state index contributed by atoms with van der Waals surface area (Å²) in [6, 6.07) is 8.81. The van der Waals surface area contributed by atoms with Crippen molar-refractivity contribution in [1.82, 2.24) is 5.32 Å². The third kappa shape index (κ3) is 3.64. The van der Waals surface area contributed by atoms with Crippen LogP contribution >= 0.6 is 0 Å². The summed E-state index contributed by atoms with van der Waals surface area (Å²) in [7, 11) is 0. The van der Waals surface area contributed by atoms with Gasteiger partial charge in [-0.25, -0.2) is 0 Å². The standard InChI is InChI=1S/C19H29NO2/c1-13(2)20-11-16(21)12-22-19-6-4-3-5-17(19)18-10-14-7-8-15(18)9-14/h3-6,13-16,18,20-21H,7-12H2,1-2H3/t14-,15-,16+,18-/m0/s1. The van der Waals surface area contributed by atoms with Gasteiger partial charge in [-0.2, -0.15) is 0 Å². The highest BCUT2D eigenvalue weighted by Gasteiger charge is 2.41. The van der Waals surface area contributed by atoms with Gasteiger partial charge in [0, 0.05) is 12.6 Å². The Hall–Kier alpha value is -1.06. The van der Waals surface area contributed by atoms with Crippen molar-refractivity contribution < 1.29 is 9.84 Å². The molecule has 2 N–H and O–H groups in total. The molecule has 0 heterocycles. The van der Waals surface area contributed by atoms with E-state index in [1.807, 2.05) is 6.07 Å². The fourth-order valence-electron chi connectivity index (χ4n) is 4.16. The SMILES string of the molecule is CC(C)NC[C@@H](O)COc1ccccc1[C@H]1C[C@H]2CC[C@H]1C2. The van der Waals surface area contributed by atoms with E-state index < -0.39 is 6.10 Å². The van der Waals surface area contributed by atoms with Gasteiger partial charge in [0.25, 0.3) is 0 Å². The number of fused-ring (bicyclic) bond motifs is 2. The molecule has 0 spiro atoms. The quantitative estimate of drug-likeness (QED) is 0.812. The Balaban J connectivity index is 1.60. The molecule has 0 saturated heterocycles. The normalized spacial score (nSPS) is 28.3. The minimum atomic E-state index is -0.463. The molecule has 3 rings (SSSR count). The van der Waals surface area contributed by atoms with Gasteiger partial charge in [0.15, 0.2) is 0 Å². The summed E-state index contributed by atoms with van der Waals surface area (Å²) in [5.41, 5.74) is 1.36. The van der Waals surface area contributed by atoms with Crippen molar-refractivity contribution in [2.24, 2.45) is 11.8 Å². The lowest BCUT2D eigenvalue weighted by atomic mass is 9.83. The molecule has 2 aliphatic rings. The van der Waals surface area contributed by atoms with Gasteiger partial charge in [-0.1, -0.05) is 38.5 Å². The molecule has 0 amide bonds. The number of para-hydroxylation sites is 1. The van der Waals surface area contributed by atoms with Crippen molar-refractivity contribution in [2.45, 2.75) is 57.6 Å². The van der Waals surface area contributed by atoms with Gasteiger partial charge in [-0.3, -0.25) is 0 Å². The molecule has 2 bridgehead atoms. The van der Waals surface area contributed by atoms with Crippen LogP contribution in [0.2, 0.25) is 0 Å². The average molecular weight is 303 g/mol. The first-order valence-electron chi connectivity index (χ1n) is 8.76. The van der Waals surface area contributed by atoms with Gasteiger partial charge >= 0.3 is 0 Å². The average Bonchev–Trinajstić information content (AvgIpc) is 3.14. The van der Waals surface area contributed by atoms with Crippen LogP contribution in [0.3, 0.4) is 0 Å². The van der Waals surface area contributed by atoms with E-state index in [4.69, 9.17) is 4.74 Å². The molecule has 2 fully saturated rings. The van der Waals surface area contributed by atoms with E-state index >= 15 is 0 Å². The predicted molar refractivity (Wildman–Crippen MR) is 89.3 cm³/mol. The summed E-state index contributed by atoms with van der Waals surface area (Å²) < 4.78 is 5.96. The highest BCUT2D eigenvalue weighted by atomic mass is 16.5. The summed E-state index contributed by atoms with van der Waals surface area (Å²) in [6.45, 7) is 5.10. The van der Waals surface area contributed by atoms with Crippen LogP contribution in [0.5, 0.6) is 5.75 Å². The van der Waals surface area contributed by atoms with Crippen LogP contribution in [0, 0.1) is 11.8 Å². The predicted octanol–water partition coefficient (Wildman–Crippen LogP) is 3.33. The molecule has 0 unspecified atom stereocenters. The molecule has 1 aromatic carbocycles. The Morgan fingerprint density at radius 2 is 2.05 bits per heavy atom. The van der Waals surface area contributed by atoms with E-state index in [0.717, 1.165) is 17.6 Å². The van der Waals surface area contributed by atoms with Crippen molar-refractivity contribution in [3.63, 3.8) is 0 Å². The molecule has 0 radical (unpaired) electrons. The number of hydrogen-bond acceptors (Lipinski definition) is 3. The molecule has 2 aliphatic carbocycles. The monoisotopic (exact) mass is 303 g/mol. The van der Waals surface area contributed by atoms with Gasteiger partial charge in [-0.15, -0.1) is 0 Å². The lowest BCUT2D eigenvalue weighted by Gasteiger charge is -2.25. The third-order valence-corrected chi connectivity index (χ3v) is 5.25. The first kappa shape index (κ1) is 15.8. The van der Waals surface area contributed by atoms with Crippen molar-refractivity contribution >= 4 is 0 Å². The number of ether oxygens (including phenoxy) is 1. The van der Waals surface area contributed by atoms with Crippen molar-refractivity contribution in [2.75, 3.05) is 13.2 Å². The van der Waals surface area contributed by atoms with E-state index in [1.165, 1.54) is 31.2 Å². The summed E-state index contributed by atoms with van der Waals surface area (Å²) >= 11 is 0. The molecular weight excluding hydrogens is 274 g/mol. The lowest BCUT2D eigenvalue weighted by Crippen LogP contribution is -2.35. The molecule has 1 aromatic rings. The third-order valence-electron chi connectivity index (χ3n) is 5.25.